The third-order valence-electron chi connectivity index (χ3n) is 2.95. The van der Waals surface area contributed by atoms with Crippen LogP contribution in [0.15, 0.2) is 36.8 Å². The molecule has 0 aliphatic heterocycles. The number of hydrogen-bond donors (Lipinski definition) is 1. The maximum Gasteiger partial charge on any atom is 0.0953 e. The van der Waals surface area contributed by atoms with Crippen LogP contribution in [0.2, 0.25) is 0 Å². The summed E-state index contributed by atoms with van der Waals surface area (Å²) in [5.41, 5.74) is 9.49. The number of nitrogens with two attached hydrogens (primary N) is 1. The highest BCUT2D eigenvalue weighted by atomic mass is 15.1. The molecule has 0 saturated carbocycles. The Hall–Kier alpha value is -1.61. The highest BCUT2D eigenvalue weighted by Crippen LogP contribution is 2.28. The first-order chi connectivity index (χ1) is 8.11. The zero-order valence-electron chi connectivity index (χ0n) is 10.6. The van der Waals surface area contributed by atoms with E-state index in [1.807, 2.05) is 31.6 Å². The van der Waals surface area contributed by atoms with Crippen LogP contribution in [-0.4, -0.2) is 9.55 Å². The van der Waals surface area contributed by atoms with E-state index < -0.39 is 0 Å². The summed E-state index contributed by atoms with van der Waals surface area (Å²) in [5, 5.41) is 0. The maximum absolute atomic E-state index is 6.02. The van der Waals surface area contributed by atoms with Gasteiger partial charge in [0.15, 0.2) is 0 Å². The molecule has 1 atom stereocenters. The van der Waals surface area contributed by atoms with Crippen LogP contribution < -0.4 is 5.73 Å². The molecule has 17 heavy (non-hydrogen) atoms. The summed E-state index contributed by atoms with van der Waals surface area (Å²) < 4.78 is 2.17. The summed E-state index contributed by atoms with van der Waals surface area (Å²) in [6.45, 7) is 6.31. The Morgan fingerprint density at radius 2 is 1.88 bits per heavy atom. The molecule has 2 rings (SSSR count). The standard InChI is InChI=1S/C14H19N3/c1-10(2)17-9-16-8-14(17)13-7-5-4-6-12(13)11(3)15/h4-11H,15H2,1-3H3. The summed E-state index contributed by atoms with van der Waals surface area (Å²) in [7, 11) is 0. The summed E-state index contributed by atoms with van der Waals surface area (Å²) in [4.78, 5) is 4.24. The van der Waals surface area contributed by atoms with Crippen molar-refractivity contribution in [1.29, 1.82) is 0 Å². The third kappa shape index (κ3) is 2.24. The van der Waals surface area contributed by atoms with E-state index >= 15 is 0 Å². The minimum Gasteiger partial charge on any atom is -0.328 e. The van der Waals surface area contributed by atoms with Crippen molar-refractivity contribution >= 4 is 0 Å². The largest absolute Gasteiger partial charge is 0.328 e. The van der Waals surface area contributed by atoms with Crippen molar-refractivity contribution in [3.8, 4) is 11.3 Å². The summed E-state index contributed by atoms with van der Waals surface area (Å²) in [6, 6.07) is 8.68. The molecule has 0 saturated heterocycles. The van der Waals surface area contributed by atoms with Gasteiger partial charge in [0.1, 0.15) is 0 Å². The zero-order valence-corrected chi connectivity index (χ0v) is 10.6. The average Bonchev–Trinajstić information content (AvgIpc) is 2.77. The molecular formula is C14H19N3. The molecule has 0 radical (unpaired) electrons. The lowest BCUT2D eigenvalue weighted by molar-refractivity contribution is 0.604. The molecule has 0 spiro atoms. The van der Waals surface area contributed by atoms with Gasteiger partial charge in [-0.05, 0) is 26.3 Å². The third-order valence-corrected chi connectivity index (χ3v) is 2.95. The lowest BCUT2D eigenvalue weighted by Crippen LogP contribution is -2.08. The van der Waals surface area contributed by atoms with Gasteiger partial charge in [-0.1, -0.05) is 24.3 Å². The molecule has 0 fully saturated rings. The summed E-state index contributed by atoms with van der Waals surface area (Å²) in [5.74, 6) is 0. The van der Waals surface area contributed by atoms with Crippen molar-refractivity contribution in [3.63, 3.8) is 0 Å². The number of imidazole rings is 1. The van der Waals surface area contributed by atoms with Gasteiger partial charge in [0, 0.05) is 17.6 Å². The van der Waals surface area contributed by atoms with Gasteiger partial charge in [0.25, 0.3) is 0 Å². The second kappa shape index (κ2) is 4.72. The van der Waals surface area contributed by atoms with E-state index in [2.05, 4.69) is 35.5 Å². The predicted octanol–water partition coefficient (Wildman–Crippen LogP) is 3.15. The highest BCUT2D eigenvalue weighted by Gasteiger charge is 2.13. The van der Waals surface area contributed by atoms with Gasteiger partial charge >= 0.3 is 0 Å². The molecule has 0 aliphatic rings. The molecule has 3 heteroatoms. The molecule has 0 bridgehead atoms. The van der Waals surface area contributed by atoms with Crippen molar-refractivity contribution < 1.29 is 0 Å². The Balaban J connectivity index is 2.56. The molecule has 2 aromatic rings. The van der Waals surface area contributed by atoms with Crippen LogP contribution in [0.1, 0.15) is 38.4 Å². The molecule has 2 N–H and O–H groups in total. The van der Waals surface area contributed by atoms with Crippen molar-refractivity contribution in [2.75, 3.05) is 0 Å². The Labute approximate surface area is 102 Å². The van der Waals surface area contributed by atoms with Gasteiger partial charge in [-0.15, -0.1) is 0 Å². The van der Waals surface area contributed by atoms with Crippen molar-refractivity contribution in [1.82, 2.24) is 9.55 Å². The average molecular weight is 229 g/mol. The van der Waals surface area contributed by atoms with Crippen LogP contribution in [0.25, 0.3) is 11.3 Å². The van der Waals surface area contributed by atoms with Gasteiger partial charge in [-0.3, -0.25) is 0 Å². The molecule has 1 aromatic carbocycles. The highest BCUT2D eigenvalue weighted by molar-refractivity contribution is 5.64. The molecule has 0 aliphatic carbocycles. The van der Waals surface area contributed by atoms with E-state index in [1.165, 1.54) is 5.56 Å². The summed E-state index contributed by atoms with van der Waals surface area (Å²) in [6.07, 6.45) is 3.78. The van der Waals surface area contributed by atoms with Crippen molar-refractivity contribution in [2.24, 2.45) is 5.73 Å². The fraction of sp³-hybridized carbons (Fsp3) is 0.357. The quantitative estimate of drug-likeness (QED) is 0.878. The molecule has 1 unspecified atom stereocenters. The number of nitrogens with zero attached hydrogens (tertiary/aromatic N) is 2. The molecule has 90 valence electrons. The Morgan fingerprint density at radius 1 is 1.18 bits per heavy atom. The lowest BCUT2D eigenvalue weighted by Gasteiger charge is -2.16. The van der Waals surface area contributed by atoms with E-state index in [-0.39, 0.29) is 6.04 Å². The second-order valence-electron chi connectivity index (χ2n) is 4.66. The van der Waals surface area contributed by atoms with Crippen LogP contribution in [0.3, 0.4) is 0 Å². The van der Waals surface area contributed by atoms with Gasteiger partial charge in [0.2, 0.25) is 0 Å². The monoisotopic (exact) mass is 229 g/mol. The van der Waals surface area contributed by atoms with Gasteiger partial charge in [-0.2, -0.15) is 0 Å². The van der Waals surface area contributed by atoms with E-state index in [0.29, 0.717) is 6.04 Å². The Bertz CT molecular complexity index is 498. The predicted molar refractivity (Wildman–Crippen MR) is 70.7 cm³/mol. The first kappa shape index (κ1) is 11.9. The van der Waals surface area contributed by atoms with E-state index in [4.69, 9.17) is 5.73 Å². The van der Waals surface area contributed by atoms with Crippen molar-refractivity contribution in [3.05, 3.63) is 42.4 Å². The fourth-order valence-electron chi connectivity index (χ4n) is 2.05. The molecule has 3 nitrogen and oxygen atoms in total. The van der Waals surface area contributed by atoms with E-state index in [9.17, 15) is 0 Å². The zero-order chi connectivity index (χ0) is 12.4. The van der Waals surface area contributed by atoms with Crippen LogP contribution in [0.5, 0.6) is 0 Å². The first-order valence-electron chi connectivity index (χ1n) is 5.98. The van der Waals surface area contributed by atoms with E-state index in [1.54, 1.807) is 0 Å². The number of hydrogen-bond acceptors (Lipinski definition) is 2. The topological polar surface area (TPSA) is 43.8 Å². The Morgan fingerprint density at radius 3 is 2.53 bits per heavy atom. The van der Waals surface area contributed by atoms with Crippen LogP contribution in [0.4, 0.5) is 0 Å². The molecule has 1 aromatic heterocycles. The normalized spacial score (nSPS) is 13.0. The fourth-order valence-corrected chi connectivity index (χ4v) is 2.05. The smallest absolute Gasteiger partial charge is 0.0953 e. The Kier molecular flexibility index (Phi) is 3.29. The first-order valence-corrected chi connectivity index (χ1v) is 5.98. The molecule has 1 heterocycles. The van der Waals surface area contributed by atoms with Crippen LogP contribution in [-0.2, 0) is 0 Å². The van der Waals surface area contributed by atoms with Gasteiger partial charge in [-0.25, -0.2) is 4.98 Å². The van der Waals surface area contributed by atoms with Crippen LogP contribution in [0, 0.1) is 0 Å². The second-order valence-corrected chi connectivity index (χ2v) is 4.66. The SMILES string of the molecule is CC(N)c1ccccc1-c1cncn1C(C)C. The number of rotatable bonds is 3. The number of aromatic nitrogens is 2. The van der Waals surface area contributed by atoms with Crippen LogP contribution >= 0.6 is 0 Å². The number of benzene rings is 1. The maximum atomic E-state index is 6.02. The van der Waals surface area contributed by atoms with Crippen molar-refractivity contribution in [2.45, 2.75) is 32.9 Å². The molecule has 0 amide bonds. The minimum atomic E-state index is 0.0294. The van der Waals surface area contributed by atoms with Gasteiger partial charge < -0.3 is 10.3 Å². The van der Waals surface area contributed by atoms with E-state index in [0.717, 1.165) is 11.3 Å². The summed E-state index contributed by atoms with van der Waals surface area (Å²) >= 11 is 0. The lowest BCUT2D eigenvalue weighted by atomic mass is 9.99. The van der Waals surface area contributed by atoms with Gasteiger partial charge in [0.05, 0.1) is 18.2 Å². The minimum absolute atomic E-state index is 0.0294. The molecular weight excluding hydrogens is 210 g/mol.